The van der Waals surface area contributed by atoms with E-state index in [9.17, 15) is 19.5 Å². The molecule has 1 N–H and O–H groups in total. The Kier molecular flexibility index (Phi) is 7.83. The van der Waals surface area contributed by atoms with E-state index in [-0.39, 0.29) is 36.8 Å². The molecular weight excluding hydrogens is 570 g/mol. The zero-order chi connectivity index (χ0) is 30.5. The normalized spacial score (nSPS) is 29.0. The summed E-state index contributed by atoms with van der Waals surface area (Å²) in [5.41, 5.74) is -0.225. The number of carbonyl (C=O) groups is 3. The summed E-state index contributed by atoms with van der Waals surface area (Å²) in [6.45, 7) is 6.41. The van der Waals surface area contributed by atoms with Gasteiger partial charge in [-0.05, 0) is 49.2 Å². The van der Waals surface area contributed by atoms with Gasteiger partial charge in [0.15, 0.2) is 0 Å². The lowest BCUT2D eigenvalue weighted by atomic mass is 9.77. The third-order valence-electron chi connectivity index (χ3n) is 9.01. The minimum absolute atomic E-state index is 0.167. The molecule has 0 aromatic heterocycles. The Bertz CT molecular complexity index is 1480. The molecule has 1 unspecified atom stereocenters. The van der Waals surface area contributed by atoms with Gasteiger partial charge in [-0.2, -0.15) is 0 Å². The second-order valence-corrected chi connectivity index (χ2v) is 12.1. The van der Waals surface area contributed by atoms with Crippen LogP contribution in [0.1, 0.15) is 20.8 Å². The molecule has 2 aromatic carbocycles. The number of benzene rings is 2. The first-order valence-electron chi connectivity index (χ1n) is 14.8. The number of hydrogen-bond donors (Lipinski definition) is 1. The molecule has 2 fully saturated rings. The fourth-order valence-electron chi connectivity index (χ4n) is 7.06. The maximum absolute atomic E-state index is 14.6. The summed E-state index contributed by atoms with van der Waals surface area (Å²) in [4.78, 5) is 48.3. The van der Waals surface area contributed by atoms with Crippen molar-refractivity contribution in [2.45, 2.75) is 44.6 Å². The lowest BCUT2D eigenvalue weighted by molar-refractivity contribution is -0.145. The maximum Gasteiger partial charge on any atom is 0.253 e. The van der Waals surface area contributed by atoms with Gasteiger partial charge in [-0.1, -0.05) is 61.9 Å². The number of aliphatic hydroxyl groups is 1. The van der Waals surface area contributed by atoms with Crippen molar-refractivity contribution >= 4 is 40.7 Å². The molecule has 4 aliphatic heterocycles. The molecule has 43 heavy (non-hydrogen) atoms. The van der Waals surface area contributed by atoms with E-state index in [0.717, 1.165) is 0 Å². The molecule has 4 heterocycles. The number of nitrogens with zero attached hydrogens (tertiary/aromatic N) is 3. The molecule has 9 nitrogen and oxygen atoms in total. The van der Waals surface area contributed by atoms with Crippen LogP contribution in [0.25, 0.3) is 0 Å². The van der Waals surface area contributed by atoms with E-state index < -0.39 is 35.6 Å². The van der Waals surface area contributed by atoms with Gasteiger partial charge in [-0.25, -0.2) is 0 Å². The topological polar surface area (TPSA) is 99.6 Å². The zero-order valence-corrected chi connectivity index (χ0v) is 25.2. The van der Waals surface area contributed by atoms with Gasteiger partial charge in [0.05, 0.1) is 47.9 Å². The van der Waals surface area contributed by atoms with Crippen LogP contribution in [0.4, 0.5) is 11.4 Å². The van der Waals surface area contributed by atoms with Gasteiger partial charge in [-0.3, -0.25) is 14.4 Å². The third-order valence-corrected chi connectivity index (χ3v) is 9.33. The smallest absolute Gasteiger partial charge is 0.253 e. The first-order valence-corrected chi connectivity index (χ1v) is 15.2. The molecular formula is C33H36ClN3O6. The number of amides is 3. The van der Waals surface area contributed by atoms with E-state index in [0.29, 0.717) is 35.3 Å². The molecule has 1 spiro atoms. The number of likely N-dealkylation sites (tertiary alicyclic amines) is 1. The van der Waals surface area contributed by atoms with Crippen LogP contribution in [-0.2, 0) is 19.1 Å². The van der Waals surface area contributed by atoms with Gasteiger partial charge in [0.2, 0.25) is 11.8 Å². The lowest BCUT2D eigenvalue weighted by Gasteiger charge is -2.39. The number of ether oxygens (including phenoxy) is 2. The highest BCUT2D eigenvalue weighted by atomic mass is 35.5. The van der Waals surface area contributed by atoms with E-state index >= 15 is 0 Å². The largest absolute Gasteiger partial charge is 0.494 e. The first-order chi connectivity index (χ1) is 20.7. The number of rotatable bonds is 7. The average Bonchev–Trinajstić information content (AvgIpc) is 3.30. The molecule has 0 aliphatic carbocycles. The summed E-state index contributed by atoms with van der Waals surface area (Å²) in [5, 5.41) is 10.9. The van der Waals surface area contributed by atoms with Gasteiger partial charge >= 0.3 is 0 Å². The van der Waals surface area contributed by atoms with Gasteiger partial charge < -0.3 is 29.3 Å². The van der Waals surface area contributed by atoms with Crippen molar-refractivity contribution in [3.05, 3.63) is 77.9 Å². The molecule has 0 bridgehead atoms. The second-order valence-electron chi connectivity index (χ2n) is 11.7. The molecule has 0 radical (unpaired) electrons. The number of anilines is 2. The number of halogens is 1. The van der Waals surface area contributed by atoms with Crippen LogP contribution in [0.2, 0.25) is 5.02 Å². The summed E-state index contributed by atoms with van der Waals surface area (Å²) >= 11 is 6.54. The van der Waals surface area contributed by atoms with Crippen LogP contribution in [0.5, 0.6) is 5.75 Å². The van der Waals surface area contributed by atoms with Crippen LogP contribution in [0.3, 0.4) is 0 Å². The number of fused-ring (bicyclic) bond motifs is 2. The number of aliphatic hydroxyl groups excluding tert-OH is 1. The molecule has 2 saturated heterocycles. The minimum Gasteiger partial charge on any atom is -0.494 e. The summed E-state index contributed by atoms with van der Waals surface area (Å²) < 4.78 is 12.3. The van der Waals surface area contributed by atoms with Crippen molar-refractivity contribution in [1.82, 2.24) is 4.90 Å². The SMILES string of the molecule is CCOc1ccc(N2CC=C[C@@H]3O[C@]45C=CCN(c6ccccc6Cl)C(=O)C4N([C@@H](CO)C(C)C)C(=O)[C@@H]5[C@@H]3C2=O)cc1. The minimum atomic E-state index is -1.41. The number of carbonyl (C=O) groups excluding carboxylic acids is 3. The van der Waals surface area contributed by atoms with E-state index in [4.69, 9.17) is 21.1 Å². The molecule has 0 saturated carbocycles. The fourth-order valence-corrected chi connectivity index (χ4v) is 7.30. The maximum atomic E-state index is 14.6. The fraction of sp³-hybridized carbons (Fsp3) is 0.424. The average molecular weight is 606 g/mol. The standard InChI is InChI=1S/C33H36ClN3O6/c1-4-42-22-14-12-21(13-15-22)35-17-7-11-26-27(30(35)39)28-31(40)37(25(19-38)20(2)3)29-32(41)36(18-8-16-33(28,29)43-26)24-10-6-5-9-23(24)34/h5-16,20,25-29,38H,4,17-19H2,1-3H3/t25-,26-,27+,28-,29?,33-/m0/s1. The van der Waals surface area contributed by atoms with E-state index in [1.807, 2.05) is 63.3 Å². The highest BCUT2D eigenvalue weighted by Gasteiger charge is 2.72. The van der Waals surface area contributed by atoms with Crippen LogP contribution in [0.15, 0.2) is 72.8 Å². The summed E-state index contributed by atoms with van der Waals surface area (Å²) in [5.74, 6) is -2.32. The number of para-hydroxylation sites is 1. The highest BCUT2D eigenvalue weighted by Crippen LogP contribution is 2.54. The Labute approximate surface area is 256 Å². The molecule has 226 valence electrons. The molecule has 6 atom stereocenters. The summed E-state index contributed by atoms with van der Waals surface area (Å²) in [7, 11) is 0. The predicted octanol–water partition coefficient (Wildman–Crippen LogP) is 3.84. The van der Waals surface area contributed by atoms with Crippen LogP contribution < -0.4 is 14.5 Å². The van der Waals surface area contributed by atoms with E-state index in [1.54, 1.807) is 40.1 Å². The van der Waals surface area contributed by atoms with Gasteiger partial charge in [0.1, 0.15) is 17.4 Å². The Balaban J connectivity index is 1.45. The van der Waals surface area contributed by atoms with Crippen LogP contribution in [-0.4, -0.2) is 77.8 Å². The highest BCUT2D eigenvalue weighted by molar-refractivity contribution is 6.34. The molecule has 10 heteroatoms. The molecule has 2 aromatic rings. The van der Waals surface area contributed by atoms with Gasteiger partial charge in [0, 0.05) is 18.8 Å². The predicted molar refractivity (Wildman–Crippen MR) is 163 cm³/mol. The van der Waals surface area contributed by atoms with Crippen molar-refractivity contribution in [3.63, 3.8) is 0 Å². The molecule has 4 aliphatic rings. The van der Waals surface area contributed by atoms with Crippen molar-refractivity contribution in [2.24, 2.45) is 17.8 Å². The Hall–Kier alpha value is -3.66. The van der Waals surface area contributed by atoms with Crippen molar-refractivity contribution in [1.29, 1.82) is 0 Å². The van der Waals surface area contributed by atoms with E-state index in [1.165, 1.54) is 4.90 Å². The number of hydrogen-bond acceptors (Lipinski definition) is 6. The van der Waals surface area contributed by atoms with Crippen molar-refractivity contribution < 1.29 is 29.0 Å². The molecule has 6 rings (SSSR count). The zero-order valence-electron chi connectivity index (χ0n) is 24.4. The Morgan fingerprint density at radius 1 is 1.00 bits per heavy atom. The second kappa shape index (κ2) is 11.4. The Morgan fingerprint density at radius 2 is 1.72 bits per heavy atom. The van der Waals surface area contributed by atoms with E-state index in [2.05, 4.69) is 0 Å². The van der Waals surface area contributed by atoms with Crippen molar-refractivity contribution in [3.8, 4) is 5.75 Å². The van der Waals surface area contributed by atoms with Gasteiger partial charge in [-0.15, -0.1) is 0 Å². The first kappa shape index (κ1) is 29.4. The quantitative estimate of drug-likeness (QED) is 0.482. The summed E-state index contributed by atoms with van der Waals surface area (Å²) in [6.07, 6.45) is 6.60. The summed E-state index contributed by atoms with van der Waals surface area (Å²) in [6, 6.07) is 12.6. The molecule has 3 amide bonds. The van der Waals surface area contributed by atoms with Gasteiger partial charge in [0.25, 0.3) is 5.91 Å². The third kappa shape index (κ3) is 4.65. The van der Waals surface area contributed by atoms with Crippen molar-refractivity contribution in [2.75, 3.05) is 36.1 Å². The van der Waals surface area contributed by atoms with Crippen LogP contribution in [0, 0.1) is 17.8 Å². The lowest BCUT2D eigenvalue weighted by Crippen LogP contribution is -2.59. The Morgan fingerprint density at radius 3 is 2.40 bits per heavy atom. The van der Waals surface area contributed by atoms with Crippen LogP contribution >= 0.6 is 11.6 Å². The monoisotopic (exact) mass is 605 g/mol.